The third-order valence-corrected chi connectivity index (χ3v) is 8.00. The van der Waals surface area contributed by atoms with Crippen LogP contribution >= 0.6 is 46.6 Å². The maximum atomic E-state index is 13.4. The number of hydrogen-bond acceptors (Lipinski definition) is 3. The van der Waals surface area contributed by atoms with Crippen LogP contribution in [0, 0.1) is 0 Å². The van der Waals surface area contributed by atoms with Gasteiger partial charge in [-0.2, -0.15) is 0 Å². The van der Waals surface area contributed by atoms with E-state index in [1.807, 2.05) is 37.3 Å². The van der Waals surface area contributed by atoms with Crippen LogP contribution in [0.4, 0.5) is 0 Å². The second kappa shape index (κ2) is 13.6. The summed E-state index contributed by atoms with van der Waals surface area (Å²) in [4.78, 5) is 29.3. The van der Waals surface area contributed by atoms with E-state index < -0.39 is 6.04 Å². The molecule has 184 valence electrons. The van der Waals surface area contributed by atoms with E-state index in [9.17, 15) is 9.59 Å². The standard InChI is InChI=1S/C26H31Cl3N2O2S/c1-2-24(26(33)30-21-6-3-4-7-21)31(17-18-9-10-20(28)16-23(18)29)25(32)8-5-15-34-22-13-11-19(27)12-14-22/h9-14,16,21,24H,2-8,15,17H2,1H3,(H,30,33)/t24-/m1/s1. The topological polar surface area (TPSA) is 49.4 Å². The molecule has 1 atom stereocenters. The molecule has 0 heterocycles. The van der Waals surface area contributed by atoms with Crippen molar-refractivity contribution >= 4 is 58.4 Å². The number of benzene rings is 2. The average molecular weight is 542 g/mol. The lowest BCUT2D eigenvalue weighted by atomic mass is 10.1. The Morgan fingerprint density at radius 3 is 2.38 bits per heavy atom. The highest BCUT2D eigenvalue weighted by Gasteiger charge is 2.30. The Hall–Kier alpha value is -1.40. The zero-order valence-corrected chi connectivity index (χ0v) is 22.5. The Bertz CT molecular complexity index is 965. The molecule has 1 N–H and O–H groups in total. The highest BCUT2D eigenvalue weighted by Crippen LogP contribution is 2.26. The quantitative estimate of drug-likeness (QED) is 0.238. The van der Waals surface area contributed by atoms with E-state index in [2.05, 4.69) is 5.32 Å². The molecule has 0 saturated heterocycles. The number of rotatable bonds is 11. The van der Waals surface area contributed by atoms with Crippen LogP contribution < -0.4 is 5.32 Å². The number of nitrogens with one attached hydrogen (secondary N) is 1. The van der Waals surface area contributed by atoms with Crippen LogP contribution in [-0.2, 0) is 16.1 Å². The smallest absolute Gasteiger partial charge is 0.243 e. The van der Waals surface area contributed by atoms with E-state index in [0.29, 0.717) is 34.3 Å². The molecule has 0 radical (unpaired) electrons. The molecule has 1 aliphatic carbocycles. The van der Waals surface area contributed by atoms with Crippen LogP contribution in [0.3, 0.4) is 0 Å². The average Bonchev–Trinajstić information content (AvgIpc) is 3.32. The second-order valence-electron chi connectivity index (χ2n) is 8.58. The molecular weight excluding hydrogens is 511 g/mol. The summed E-state index contributed by atoms with van der Waals surface area (Å²) in [5.74, 6) is 0.674. The van der Waals surface area contributed by atoms with E-state index in [1.165, 1.54) is 0 Å². The Labute approximate surface area is 221 Å². The van der Waals surface area contributed by atoms with Gasteiger partial charge in [0.1, 0.15) is 6.04 Å². The molecule has 0 aliphatic heterocycles. The maximum absolute atomic E-state index is 13.4. The largest absolute Gasteiger partial charge is 0.352 e. The van der Waals surface area contributed by atoms with Gasteiger partial charge in [-0.15, -0.1) is 11.8 Å². The van der Waals surface area contributed by atoms with Gasteiger partial charge in [0.15, 0.2) is 0 Å². The molecule has 1 aliphatic rings. The van der Waals surface area contributed by atoms with Gasteiger partial charge in [-0.3, -0.25) is 9.59 Å². The first kappa shape index (κ1) is 27.2. The van der Waals surface area contributed by atoms with Gasteiger partial charge in [-0.1, -0.05) is 60.6 Å². The lowest BCUT2D eigenvalue weighted by Crippen LogP contribution is -2.50. The van der Waals surface area contributed by atoms with Crippen molar-refractivity contribution in [3.8, 4) is 0 Å². The molecule has 0 aromatic heterocycles. The number of carbonyl (C=O) groups is 2. The van der Waals surface area contributed by atoms with Gasteiger partial charge in [0.2, 0.25) is 11.8 Å². The molecular formula is C26H31Cl3N2O2S. The summed E-state index contributed by atoms with van der Waals surface area (Å²) in [5.41, 5.74) is 0.780. The summed E-state index contributed by atoms with van der Waals surface area (Å²) in [6.07, 6.45) is 5.87. The fourth-order valence-corrected chi connectivity index (χ4v) is 5.66. The summed E-state index contributed by atoms with van der Waals surface area (Å²) in [5, 5.41) is 4.91. The number of thioether (sulfide) groups is 1. The van der Waals surface area contributed by atoms with Crippen molar-refractivity contribution in [3.05, 3.63) is 63.1 Å². The summed E-state index contributed by atoms with van der Waals surface area (Å²) in [6, 6.07) is 12.6. The van der Waals surface area contributed by atoms with Gasteiger partial charge in [0.25, 0.3) is 0 Å². The first-order valence-corrected chi connectivity index (χ1v) is 13.9. The van der Waals surface area contributed by atoms with Crippen molar-refractivity contribution in [2.24, 2.45) is 0 Å². The zero-order valence-electron chi connectivity index (χ0n) is 19.4. The van der Waals surface area contributed by atoms with Crippen molar-refractivity contribution in [2.45, 2.75) is 75.4 Å². The van der Waals surface area contributed by atoms with E-state index in [-0.39, 0.29) is 24.4 Å². The molecule has 0 bridgehead atoms. The third kappa shape index (κ3) is 8.08. The fraction of sp³-hybridized carbons (Fsp3) is 0.462. The SMILES string of the molecule is CC[C@H](C(=O)NC1CCCC1)N(Cc1ccc(Cl)cc1Cl)C(=O)CCCSc1ccc(Cl)cc1. The molecule has 2 amide bonds. The van der Waals surface area contributed by atoms with E-state index in [1.54, 1.807) is 28.8 Å². The minimum Gasteiger partial charge on any atom is -0.352 e. The molecule has 2 aromatic carbocycles. The van der Waals surface area contributed by atoms with Crippen molar-refractivity contribution in [1.82, 2.24) is 10.2 Å². The molecule has 0 spiro atoms. The van der Waals surface area contributed by atoms with Gasteiger partial charge < -0.3 is 10.2 Å². The van der Waals surface area contributed by atoms with Crippen LogP contribution in [0.15, 0.2) is 47.4 Å². The van der Waals surface area contributed by atoms with Crippen LogP contribution in [0.1, 0.15) is 57.4 Å². The molecule has 4 nitrogen and oxygen atoms in total. The predicted molar refractivity (Wildman–Crippen MR) is 143 cm³/mol. The Kier molecular flexibility index (Phi) is 10.9. The van der Waals surface area contributed by atoms with Crippen LogP contribution in [0.5, 0.6) is 0 Å². The first-order valence-electron chi connectivity index (χ1n) is 11.8. The normalized spacial score (nSPS) is 14.7. The van der Waals surface area contributed by atoms with E-state index in [4.69, 9.17) is 34.8 Å². The summed E-state index contributed by atoms with van der Waals surface area (Å²) in [6.45, 7) is 2.22. The zero-order chi connectivity index (χ0) is 24.5. The summed E-state index contributed by atoms with van der Waals surface area (Å²) >= 11 is 20.1. The minimum absolute atomic E-state index is 0.0452. The Morgan fingerprint density at radius 1 is 1.06 bits per heavy atom. The second-order valence-corrected chi connectivity index (χ2v) is 11.0. The van der Waals surface area contributed by atoms with Gasteiger partial charge in [-0.25, -0.2) is 0 Å². The predicted octanol–water partition coefficient (Wildman–Crippen LogP) is 7.39. The lowest BCUT2D eigenvalue weighted by molar-refractivity contribution is -0.141. The number of amides is 2. The van der Waals surface area contributed by atoms with Gasteiger partial charge in [0, 0.05) is 39.0 Å². The van der Waals surface area contributed by atoms with Crippen molar-refractivity contribution < 1.29 is 9.59 Å². The van der Waals surface area contributed by atoms with Crippen LogP contribution in [0.2, 0.25) is 15.1 Å². The lowest BCUT2D eigenvalue weighted by Gasteiger charge is -2.32. The molecule has 8 heteroatoms. The van der Waals surface area contributed by atoms with E-state index >= 15 is 0 Å². The molecule has 2 aromatic rings. The van der Waals surface area contributed by atoms with Crippen molar-refractivity contribution in [1.29, 1.82) is 0 Å². The molecule has 34 heavy (non-hydrogen) atoms. The summed E-state index contributed by atoms with van der Waals surface area (Å²) < 4.78 is 0. The monoisotopic (exact) mass is 540 g/mol. The van der Waals surface area contributed by atoms with Gasteiger partial charge in [-0.05, 0) is 73.4 Å². The molecule has 3 rings (SSSR count). The number of halogens is 3. The van der Waals surface area contributed by atoms with Crippen LogP contribution in [0.25, 0.3) is 0 Å². The molecule has 0 unspecified atom stereocenters. The maximum Gasteiger partial charge on any atom is 0.243 e. The van der Waals surface area contributed by atoms with Gasteiger partial charge in [0.05, 0.1) is 0 Å². The molecule has 1 fully saturated rings. The Morgan fingerprint density at radius 2 is 1.74 bits per heavy atom. The van der Waals surface area contributed by atoms with Gasteiger partial charge >= 0.3 is 0 Å². The van der Waals surface area contributed by atoms with Crippen molar-refractivity contribution in [3.63, 3.8) is 0 Å². The third-order valence-electron chi connectivity index (χ3n) is 6.06. The first-order chi connectivity index (χ1) is 16.4. The highest BCUT2D eigenvalue weighted by atomic mass is 35.5. The number of nitrogens with zero attached hydrogens (tertiary/aromatic N) is 1. The van der Waals surface area contributed by atoms with Crippen LogP contribution in [-0.4, -0.2) is 34.6 Å². The minimum atomic E-state index is -0.538. The molecule has 1 saturated carbocycles. The van der Waals surface area contributed by atoms with Crippen molar-refractivity contribution in [2.75, 3.05) is 5.75 Å². The Balaban J connectivity index is 1.67. The fourth-order valence-electron chi connectivity index (χ4n) is 4.21. The number of carbonyl (C=O) groups excluding carboxylic acids is 2. The summed E-state index contributed by atoms with van der Waals surface area (Å²) in [7, 11) is 0. The number of hydrogen-bond donors (Lipinski definition) is 1. The highest BCUT2D eigenvalue weighted by molar-refractivity contribution is 7.99. The van der Waals surface area contributed by atoms with E-state index in [0.717, 1.165) is 41.9 Å².